The van der Waals surface area contributed by atoms with Crippen molar-refractivity contribution in [1.82, 2.24) is 9.97 Å². The summed E-state index contributed by atoms with van der Waals surface area (Å²) < 4.78 is 50.7. The summed E-state index contributed by atoms with van der Waals surface area (Å²) in [4.78, 5) is 32.8. The van der Waals surface area contributed by atoms with Gasteiger partial charge in [-0.2, -0.15) is 13.2 Å². The van der Waals surface area contributed by atoms with Crippen LogP contribution in [0.4, 0.5) is 13.2 Å². The Morgan fingerprint density at radius 1 is 1.07 bits per heavy atom. The molecule has 3 aromatic carbocycles. The molecule has 0 bridgehead atoms. The van der Waals surface area contributed by atoms with Gasteiger partial charge in [0.2, 0.25) is 0 Å². The zero-order valence-corrected chi connectivity index (χ0v) is 21.4. The van der Waals surface area contributed by atoms with Crippen LogP contribution in [-0.2, 0) is 17.4 Å². The van der Waals surface area contributed by atoms with Gasteiger partial charge in [-0.05, 0) is 48.9 Å². The minimum atomic E-state index is -4.49. The number of aliphatic carboxylic acids is 1. The Labute approximate surface area is 231 Å². The Morgan fingerprint density at radius 2 is 1.85 bits per heavy atom. The van der Waals surface area contributed by atoms with E-state index in [1.54, 1.807) is 30.3 Å². The average molecular weight is 569 g/mol. The lowest BCUT2D eigenvalue weighted by Gasteiger charge is -2.24. The summed E-state index contributed by atoms with van der Waals surface area (Å²) in [5, 5.41) is 9.66. The highest BCUT2D eigenvalue weighted by molar-refractivity contribution is 6.32. The van der Waals surface area contributed by atoms with Gasteiger partial charge in [-0.3, -0.25) is 14.6 Å². The third-order valence-electron chi connectivity index (χ3n) is 6.32. The lowest BCUT2D eigenvalue weighted by atomic mass is 9.93. The molecule has 4 aromatic rings. The van der Waals surface area contributed by atoms with Gasteiger partial charge >= 0.3 is 12.1 Å². The number of rotatable bonds is 7. The number of nitrogens with zero attached hydrogens (tertiary/aromatic N) is 2. The standard InChI is InChI=1S/C29H20ClF3N2O5/c30-23-12-22-21(28(37)38)8-9-39-26(22)13-27(23)40-20-6-4-16(5-7-20)25(36)11-19-14-34-15-24(35-19)17-2-1-3-18(10-17)29(31,32)33/h1-7,10,12-15,21H,8-9,11H2,(H,37,38). The van der Waals surface area contributed by atoms with Crippen LogP contribution >= 0.6 is 11.6 Å². The number of hydrogen-bond donors (Lipinski definition) is 1. The van der Waals surface area contributed by atoms with Crippen LogP contribution in [0.5, 0.6) is 17.2 Å². The SMILES string of the molecule is O=C(Cc1cncc(-c2cccc(C(F)(F)F)c2)n1)c1ccc(Oc2cc3c(cc2Cl)C(C(=O)O)CCO3)cc1. The number of Topliss-reactive ketones (excluding diaryl/α,β-unsaturated/α-hetero) is 1. The zero-order valence-electron chi connectivity index (χ0n) is 20.6. The Morgan fingerprint density at radius 3 is 2.58 bits per heavy atom. The van der Waals surface area contributed by atoms with Gasteiger partial charge in [0.15, 0.2) is 5.78 Å². The van der Waals surface area contributed by atoms with Gasteiger partial charge < -0.3 is 14.6 Å². The van der Waals surface area contributed by atoms with Crippen molar-refractivity contribution in [2.45, 2.75) is 24.9 Å². The summed E-state index contributed by atoms with van der Waals surface area (Å²) >= 11 is 6.34. The molecule has 1 N–H and O–H groups in total. The summed E-state index contributed by atoms with van der Waals surface area (Å²) in [7, 11) is 0. The van der Waals surface area contributed by atoms with E-state index in [4.69, 9.17) is 21.1 Å². The molecule has 0 spiro atoms. The van der Waals surface area contributed by atoms with E-state index in [9.17, 15) is 27.9 Å². The minimum Gasteiger partial charge on any atom is -0.493 e. The van der Waals surface area contributed by atoms with Crippen molar-refractivity contribution in [3.63, 3.8) is 0 Å². The molecule has 40 heavy (non-hydrogen) atoms. The van der Waals surface area contributed by atoms with Crippen molar-refractivity contribution in [1.29, 1.82) is 0 Å². The molecule has 1 aromatic heterocycles. The summed E-state index contributed by atoms with van der Waals surface area (Å²) in [5.74, 6) is -0.901. The van der Waals surface area contributed by atoms with Crippen molar-refractivity contribution in [2.75, 3.05) is 6.61 Å². The van der Waals surface area contributed by atoms with Crippen molar-refractivity contribution in [3.8, 4) is 28.5 Å². The van der Waals surface area contributed by atoms with E-state index in [2.05, 4.69) is 9.97 Å². The number of benzene rings is 3. The van der Waals surface area contributed by atoms with Gasteiger partial charge in [0.05, 0.1) is 47.1 Å². The van der Waals surface area contributed by atoms with Crippen molar-refractivity contribution < 1.29 is 37.3 Å². The highest BCUT2D eigenvalue weighted by Gasteiger charge is 2.31. The van der Waals surface area contributed by atoms with Gasteiger partial charge in [0, 0.05) is 29.0 Å². The highest BCUT2D eigenvalue weighted by atomic mass is 35.5. The molecule has 204 valence electrons. The zero-order chi connectivity index (χ0) is 28.4. The van der Waals surface area contributed by atoms with Crippen LogP contribution < -0.4 is 9.47 Å². The maximum atomic E-state index is 13.1. The second-order valence-electron chi connectivity index (χ2n) is 9.05. The quantitative estimate of drug-likeness (QED) is 0.240. The molecule has 1 aliphatic heterocycles. The van der Waals surface area contributed by atoms with Gasteiger partial charge in [0.25, 0.3) is 0 Å². The number of carbonyl (C=O) groups is 2. The molecule has 2 heterocycles. The number of alkyl halides is 3. The number of fused-ring (bicyclic) bond motifs is 1. The van der Waals surface area contributed by atoms with E-state index in [-0.39, 0.29) is 40.8 Å². The summed E-state index contributed by atoms with van der Waals surface area (Å²) in [6.07, 6.45) is -1.53. The summed E-state index contributed by atoms with van der Waals surface area (Å²) in [6, 6.07) is 14.1. The van der Waals surface area contributed by atoms with Crippen LogP contribution in [0.3, 0.4) is 0 Å². The molecule has 1 aliphatic rings. The number of hydrogen-bond acceptors (Lipinski definition) is 6. The number of aromatic nitrogens is 2. The predicted octanol–water partition coefficient (Wildman–Crippen LogP) is 6.98. The van der Waals surface area contributed by atoms with Crippen LogP contribution in [0.1, 0.15) is 39.5 Å². The topological polar surface area (TPSA) is 98.6 Å². The number of halogens is 4. The third-order valence-corrected chi connectivity index (χ3v) is 6.61. The molecule has 5 rings (SSSR count). The number of ether oxygens (including phenoxy) is 2. The smallest absolute Gasteiger partial charge is 0.416 e. The molecule has 1 atom stereocenters. The fourth-order valence-corrected chi connectivity index (χ4v) is 4.52. The van der Waals surface area contributed by atoms with Crippen molar-refractivity contribution in [2.24, 2.45) is 0 Å². The lowest BCUT2D eigenvalue weighted by molar-refractivity contribution is -0.139. The van der Waals surface area contributed by atoms with E-state index >= 15 is 0 Å². The molecular weight excluding hydrogens is 549 g/mol. The number of carboxylic acid groups (broad SMARTS) is 1. The van der Waals surface area contributed by atoms with E-state index in [0.717, 1.165) is 12.1 Å². The Hall–Kier alpha value is -4.44. The van der Waals surface area contributed by atoms with Gasteiger partial charge in [0.1, 0.15) is 17.2 Å². The first kappa shape index (κ1) is 27.1. The van der Waals surface area contributed by atoms with E-state index in [0.29, 0.717) is 34.7 Å². The molecule has 0 fully saturated rings. The summed E-state index contributed by atoms with van der Waals surface area (Å²) in [5.41, 5.74) is 0.814. The van der Waals surface area contributed by atoms with Crippen LogP contribution in [-0.4, -0.2) is 33.4 Å². The van der Waals surface area contributed by atoms with Gasteiger partial charge in [-0.25, -0.2) is 4.98 Å². The fourth-order valence-electron chi connectivity index (χ4n) is 4.31. The third kappa shape index (κ3) is 5.91. The van der Waals surface area contributed by atoms with Crippen LogP contribution in [0, 0.1) is 0 Å². The fraction of sp³-hybridized carbons (Fsp3) is 0.172. The maximum absolute atomic E-state index is 13.1. The number of ketones is 1. The molecule has 0 saturated heterocycles. The van der Waals surface area contributed by atoms with Crippen LogP contribution in [0.15, 0.2) is 73.1 Å². The van der Waals surface area contributed by atoms with Crippen LogP contribution in [0.25, 0.3) is 11.3 Å². The largest absolute Gasteiger partial charge is 0.493 e. The van der Waals surface area contributed by atoms with Gasteiger partial charge in [-0.1, -0.05) is 23.7 Å². The lowest BCUT2D eigenvalue weighted by Crippen LogP contribution is -2.20. The van der Waals surface area contributed by atoms with Crippen molar-refractivity contribution >= 4 is 23.4 Å². The molecular formula is C29H20ClF3N2O5. The first-order chi connectivity index (χ1) is 19.1. The molecule has 1 unspecified atom stereocenters. The minimum absolute atomic E-state index is 0.112. The second-order valence-corrected chi connectivity index (χ2v) is 9.46. The molecule has 0 amide bonds. The Kier molecular flexibility index (Phi) is 7.44. The first-order valence-corrected chi connectivity index (χ1v) is 12.4. The second kappa shape index (κ2) is 11.0. The maximum Gasteiger partial charge on any atom is 0.416 e. The van der Waals surface area contributed by atoms with Gasteiger partial charge in [-0.15, -0.1) is 0 Å². The predicted molar refractivity (Wildman–Crippen MR) is 139 cm³/mol. The monoisotopic (exact) mass is 568 g/mol. The molecule has 7 nitrogen and oxygen atoms in total. The highest BCUT2D eigenvalue weighted by Crippen LogP contribution is 2.42. The van der Waals surface area contributed by atoms with Crippen molar-refractivity contribution in [3.05, 3.63) is 100 Å². The van der Waals surface area contributed by atoms with E-state index < -0.39 is 23.6 Å². The normalized spacial score (nSPS) is 14.7. The molecule has 11 heteroatoms. The molecule has 0 aliphatic carbocycles. The number of carbonyl (C=O) groups excluding carboxylic acids is 1. The Bertz CT molecular complexity index is 1590. The van der Waals surface area contributed by atoms with E-state index in [1.165, 1.54) is 30.6 Å². The Balaban J connectivity index is 1.28. The van der Waals surface area contributed by atoms with E-state index in [1.807, 2.05) is 0 Å². The molecule has 0 saturated carbocycles. The summed E-state index contributed by atoms with van der Waals surface area (Å²) in [6.45, 7) is 0.259. The average Bonchev–Trinajstić information content (AvgIpc) is 2.93. The first-order valence-electron chi connectivity index (χ1n) is 12.1. The molecule has 0 radical (unpaired) electrons. The van der Waals surface area contributed by atoms with Crippen LogP contribution in [0.2, 0.25) is 5.02 Å². The number of carboxylic acids is 1.